The van der Waals surface area contributed by atoms with Crippen molar-refractivity contribution in [3.8, 4) is 0 Å². The molecular formula is C13H26N4O. The van der Waals surface area contributed by atoms with Crippen LogP contribution in [0.3, 0.4) is 0 Å². The fourth-order valence-corrected chi connectivity index (χ4v) is 2.78. The van der Waals surface area contributed by atoms with Crippen LogP contribution in [0.5, 0.6) is 0 Å². The molecule has 0 aromatic heterocycles. The Morgan fingerprint density at radius 2 is 2.06 bits per heavy atom. The summed E-state index contributed by atoms with van der Waals surface area (Å²) >= 11 is 0. The van der Waals surface area contributed by atoms with Crippen LogP contribution in [0.15, 0.2) is 0 Å². The third kappa shape index (κ3) is 3.67. The summed E-state index contributed by atoms with van der Waals surface area (Å²) in [7, 11) is 4.04. The number of nitrogens with zero attached hydrogens (tertiary/aromatic N) is 3. The minimum atomic E-state index is 0.225. The second kappa shape index (κ2) is 6.50. The molecule has 2 saturated heterocycles. The van der Waals surface area contributed by atoms with Crippen LogP contribution in [0.2, 0.25) is 0 Å². The van der Waals surface area contributed by atoms with Gasteiger partial charge in [0.25, 0.3) is 0 Å². The van der Waals surface area contributed by atoms with Gasteiger partial charge in [0.2, 0.25) is 5.91 Å². The predicted octanol–water partition coefficient (Wildman–Crippen LogP) is -0.698. The number of likely N-dealkylation sites (N-methyl/N-ethyl adjacent to an activating group) is 1. The van der Waals surface area contributed by atoms with Crippen molar-refractivity contribution < 1.29 is 4.79 Å². The lowest BCUT2D eigenvalue weighted by Gasteiger charge is -2.29. The van der Waals surface area contributed by atoms with E-state index in [4.69, 9.17) is 0 Å². The first-order valence-electron chi connectivity index (χ1n) is 7.03. The summed E-state index contributed by atoms with van der Waals surface area (Å²) in [5, 5.41) is 3.35. The maximum Gasteiger partial charge on any atom is 0.226 e. The van der Waals surface area contributed by atoms with Crippen LogP contribution in [0, 0.1) is 5.92 Å². The molecule has 0 saturated carbocycles. The first-order valence-corrected chi connectivity index (χ1v) is 7.03. The van der Waals surface area contributed by atoms with Gasteiger partial charge in [0.1, 0.15) is 0 Å². The summed E-state index contributed by atoms with van der Waals surface area (Å²) in [6, 6.07) is 0. The van der Waals surface area contributed by atoms with Crippen LogP contribution in [-0.2, 0) is 4.79 Å². The molecule has 0 aromatic carbocycles. The van der Waals surface area contributed by atoms with E-state index in [9.17, 15) is 4.79 Å². The maximum absolute atomic E-state index is 12.2. The average molecular weight is 254 g/mol. The molecule has 5 heteroatoms. The van der Waals surface area contributed by atoms with Crippen LogP contribution in [-0.4, -0.2) is 87.1 Å². The second-order valence-electron chi connectivity index (χ2n) is 5.60. The van der Waals surface area contributed by atoms with Gasteiger partial charge < -0.3 is 15.1 Å². The molecule has 0 spiro atoms. The molecule has 1 N–H and O–H groups in total. The molecule has 0 radical (unpaired) electrons. The number of rotatable bonds is 4. The van der Waals surface area contributed by atoms with E-state index < -0.39 is 0 Å². The lowest BCUT2D eigenvalue weighted by Crippen LogP contribution is -2.47. The van der Waals surface area contributed by atoms with Crippen molar-refractivity contribution in [2.75, 3.05) is 66.5 Å². The Morgan fingerprint density at radius 3 is 2.67 bits per heavy atom. The molecular weight excluding hydrogens is 228 g/mol. The van der Waals surface area contributed by atoms with E-state index in [-0.39, 0.29) is 5.92 Å². The summed E-state index contributed by atoms with van der Waals surface area (Å²) in [5.41, 5.74) is 0. The third-order valence-electron chi connectivity index (χ3n) is 4.08. The molecule has 1 unspecified atom stereocenters. The quantitative estimate of drug-likeness (QED) is 0.720. The van der Waals surface area contributed by atoms with Gasteiger partial charge >= 0.3 is 0 Å². The van der Waals surface area contributed by atoms with Crippen molar-refractivity contribution in [2.24, 2.45) is 5.92 Å². The molecule has 104 valence electrons. The number of carbonyl (C=O) groups excluding carboxylic acids is 1. The fraction of sp³-hybridized carbons (Fsp3) is 0.923. The highest BCUT2D eigenvalue weighted by Gasteiger charge is 2.28. The van der Waals surface area contributed by atoms with Gasteiger partial charge in [-0.05, 0) is 20.0 Å². The number of hydrogen-bond acceptors (Lipinski definition) is 4. The highest BCUT2D eigenvalue weighted by molar-refractivity contribution is 5.79. The number of nitrogens with one attached hydrogen (secondary N) is 1. The zero-order valence-corrected chi connectivity index (χ0v) is 11.7. The standard InChI is InChI=1S/C13H26N4O/c1-15-6-3-12(11-15)13(18)16(2)9-10-17-7-4-14-5-8-17/h12,14H,3-11H2,1-2H3. The first kappa shape index (κ1) is 13.8. The molecule has 1 atom stereocenters. The molecule has 0 aromatic rings. The Kier molecular flexibility index (Phi) is 4.97. The van der Waals surface area contributed by atoms with Crippen LogP contribution in [0.4, 0.5) is 0 Å². The van der Waals surface area contributed by atoms with E-state index in [1.54, 1.807) is 0 Å². The summed E-state index contributed by atoms with van der Waals surface area (Å²) in [4.78, 5) is 18.8. The van der Waals surface area contributed by atoms with E-state index in [0.29, 0.717) is 5.91 Å². The third-order valence-corrected chi connectivity index (χ3v) is 4.08. The number of hydrogen-bond donors (Lipinski definition) is 1. The molecule has 1 amide bonds. The largest absolute Gasteiger partial charge is 0.344 e. The summed E-state index contributed by atoms with van der Waals surface area (Å²) in [5.74, 6) is 0.553. The Bertz CT molecular complexity index is 278. The van der Waals surface area contributed by atoms with Crippen molar-refractivity contribution >= 4 is 5.91 Å². The number of piperazine rings is 1. The van der Waals surface area contributed by atoms with Gasteiger partial charge in [0.05, 0.1) is 5.92 Å². The minimum absolute atomic E-state index is 0.225. The molecule has 5 nitrogen and oxygen atoms in total. The van der Waals surface area contributed by atoms with Crippen molar-refractivity contribution in [2.45, 2.75) is 6.42 Å². The number of carbonyl (C=O) groups is 1. The highest BCUT2D eigenvalue weighted by Crippen LogP contribution is 2.16. The van der Waals surface area contributed by atoms with Crippen LogP contribution in [0.1, 0.15) is 6.42 Å². The van der Waals surface area contributed by atoms with Gasteiger partial charge in [-0.15, -0.1) is 0 Å². The Morgan fingerprint density at radius 1 is 1.33 bits per heavy atom. The molecule has 0 bridgehead atoms. The summed E-state index contributed by atoms with van der Waals surface area (Å²) < 4.78 is 0. The molecule has 2 fully saturated rings. The van der Waals surface area contributed by atoms with Crippen molar-refractivity contribution in [3.05, 3.63) is 0 Å². The molecule has 2 heterocycles. The second-order valence-corrected chi connectivity index (χ2v) is 5.60. The molecule has 2 rings (SSSR count). The van der Waals surface area contributed by atoms with E-state index in [1.807, 2.05) is 11.9 Å². The van der Waals surface area contributed by atoms with E-state index in [1.165, 1.54) is 0 Å². The fourth-order valence-electron chi connectivity index (χ4n) is 2.78. The van der Waals surface area contributed by atoms with E-state index in [0.717, 1.165) is 58.8 Å². The lowest BCUT2D eigenvalue weighted by atomic mass is 10.1. The van der Waals surface area contributed by atoms with Gasteiger partial charge in [0.15, 0.2) is 0 Å². The highest BCUT2D eigenvalue weighted by atomic mass is 16.2. The zero-order chi connectivity index (χ0) is 13.0. The van der Waals surface area contributed by atoms with Crippen LogP contribution >= 0.6 is 0 Å². The van der Waals surface area contributed by atoms with Gasteiger partial charge in [0, 0.05) is 52.9 Å². The van der Waals surface area contributed by atoms with E-state index >= 15 is 0 Å². The topological polar surface area (TPSA) is 38.8 Å². The van der Waals surface area contributed by atoms with Gasteiger partial charge in [-0.2, -0.15) is 0 Å². The zero-order valence-electron chi connectivity index (χ0n) is 11.7. The molecule has 2 aliphatic rings. The summed E-state index contributed by atoms with van der Waals surface area (Å²) in [6.45, 7) is 8.21. The minimum Gasteiger partial charge on any atom is -0.344 e. The Balaban J connectivity index is 1.70. The van der Waals surface area contributed by atoms with Crippen molar-refractivity contribution in [1.82, 2.24) is 20.0 Å². The van der Waals surface area contributed by atoms with Gasteiger partial charge in [-0.3, -0.25) is 9.69 Å². The number of amides is 1. The van der Waals surface area contributed by atoms with Crippen molar-refractivity contribution in [1.29, 1.82) is 0 Å². The van der Waals surface area contributed by atoms with E-state index in [2.05, 4.69) is 22.2 Å². The van der Waals surface area contributed by atoms with Crippen LogP contribution in [0.25, 0.3) is 0 Å². The molecule has 18 heavy (non-hydrogen) atoms. The lowest BCUT2D eigenvalue weighted by molar-refractivity contribution is -0.133. The molecule has 0 aliphatic carbocycles. The maximum atomic E-state index is 12.2. The normalized spacial score (nSPS) is 26.4. The monoisotopic (exact) mass is 254 g/mol. The van der Waals surface area contributed by atoms with Crippen LogP contribution < -0.4 is 5.32 Å². The average Bonchev–Trinajstić information content (AvgIpc) is 2.83. The molecule has 2 aliphatic heterocycles. The smallest absolute Gasteiger partial charge is 0.226 e. The predicted molar refractivity (Wildman–Crippen MR) is 72.6 cm³/mol. The SMILES string of the molecule is CN1CCC(C(=O)N(C)CCN2CCNCC2)C1. The Labute approximate surface area is 110 Å². The van der Waals surface area contributed by atoms with Gasteiger partial charge in [-0.25, -0.2) is 0 Å². The van der Waals surface area contributed by atoms with Gasteiger partial charge in [-0.1, -0.05) is 0 Å². The Hall–Kier alpha value is -0.650. The summed E-state index contributed by atoms with van der Waals surface area (Å²) in [6.07, 6.45) is 1.02. The number of likely N-dealkylation sites (tertiary alicyclic amines) is 1. The van der Waals surface area contributed by atoms with Crippen molar-refractivity contribution in [3.63, 3.8) is 0 Å². The first-order chi connectivity index (χ1) is 8.66.